The zero-order valence-electron chi connectivity index (χ0n) is 45.4. The normalized spacial score (nSPS) is 23.2. The minimum Gasteiger partial charge on any atom is -0.747 e. The molecule has 5 heteroatoms. The van der Waals surface area contributed by atoms with Gasteiger partial charge in [0.25, 0.3) is 0 Å². The third-order valence-corrected chi connectivity index (χ3v) is 20.4. The fourth-order valence-corrected chi connectivity index (χ4v) is 18.1. The fourth-order valence-electron chi connectivity index (χ4n) is 16.3. The van der Waals surface area contributed by atoms with Crippen LogP contribution in [0.1, 0.15) is 321 Å². The molecule has 0 aromatic rings. The molecule has 1 saturated carbocycles. The van der Waals surface area contributed by atoms with Crippen LogP contribution >= 0.6 is 0 Å². The molecule has 1 fully saturated rings. The molecule has 3 nitrogen and oxygen atoms in total. The van der Waals surface area contributed by atoms with Gasteiger partial charge in [-0.15, -0.1) is 0 Å². The molecule has 0 heterocycles. The number of hydrogen-bond donors (Lipinski definition) is 0. The van der Waals surface area contributed by atoms with E-state index < -0.39 is 20.3 Å². The van der Waals surface area contributed by atoms with Gasteiger partial charge < -0.3 is 4.55 Å². The zero-order valence-corrected chi connectivity index (χ0v) is 48.2. The van der Waals surface area contributed by atoms with Crippen molar-refractivity contribution in [1.82, 2.24) is 0 Å². The quantitative estimate of drug-likeness (QED) is 0.0354. The summed E-state index contributed by atoms with van der Waals surface area (Å²) in [6.07, 6.45) is 43.3. The third kappa shape index (κ3) is 11.5. The van der Waals surface area contributed by atoms with Crippen molar-refractivity contribution in [2.24, 2.45) is 32.5 Å². The Labute approximate surface area is 419 Å². The summed E-state index contributed by atoms with van der Waals surface area (Å²) in [4.78, 5) is 0. The molecule has 0 saturated heterocycles. The first-order chi connectivity index (χ1) is 29.8. The molecule has 2 aliphatic carbocycles. The maximum Gasteiger partial charge on any atom is 1.00 e. The molecule has 2 atom stereocenters. The molecular weight excluding hydrogens is 800 g/mol. The minimum absolute atomic E-state index is 0. The van der Waals surface area contributed by atoms with Gasteiger partial charge in [0.1, 0.15) is 10.1 Å². The van der Waals surface area contributed by atoms with Crippen LogP contribution in [0.3, 0.4) is 0 Å². The topological polar surface area (TPSA) is 57.2 Å². The van der Waals surface area contributed by atoms with Gasteiger partial charge in [-0.2, -0.15) is 0 Å². The SMILES string of the molecule is CCCCC1(CCCC)CC=C2C(CCCC)(C1(CCCC)CCCC)C(CCCC)(CCCC)C(CCCC)(CCCC)C(CCCC)(CCCC)C2(CCCC)S(=O)(=O)[O-].[Na+]. The van der Waals surface area contributed by atoms with E-state index in [0.29, 0.717) is 6.42 Å². The summed E-state index contributed by atoms with van der Waals surface area (Å²) in [5, 5.41) is 0. The van der Waals surface area contributed by atoms with E-state index in [2.05, 4.69) is 89.2 Å². The second-order valence-corrected chi connectivity index (χ2v) is 23.5. The maximum absolute atomic E-state index is 16.0. The predicted molar refractivity (Wildman–Crippen MR) is 274 cm³/mol. The van der Waals surface area contributed by atoms with Crippen LogP contribution in [-0.4, -0.2) is 17.7 Å². The Kier molecular flexibility index (Phi) is 29.0. The van der Waals surface area contributed by atoms with Gasteiger partial charge in [-0.05, 0) is 116 Å². The molecule has 63 heavy (non-hydrogen) atoms. The van der Waals surface area contributed by atoms with Crippen LogP contribution in [0.4, 0.5) is 0 Å². The van der Waals surface area contributed by atoms with Crippen molar-refractivity contribution in [3.8, 4) is 0 Å². The van der Waals surface area contributed by atoms with Crippen LogP contribution in [0.5, 0.6) is 0 Å². The summed E-state index contributed by atoms with van der Waals surface area (Å²) in [7, 11) is -4.85. The van der Waals surface area contributed by atoms with Crippen molar-refractivity contribution in [2.45, 2.75) is 325 Å². The van der Waals surface area contributed by atoms with Gasteiger partial charge in [0.05, 0.1) is 4.75 Å². The van der Waals surface area contributed by atoms with E-state index in [0.717, 1.165) is 116 Å². The second-order valence-electron chi connectivity index (χ2n) is 21.9. The van der Waals surface area contributed by atoms with E-state index >= 15 is 13.0 Å². The zero-order chi connectivity index (χ0) is 46.4. The Balaban J connectivity index is 0.0000198. The summed E-state index contributed by atoms with van der Waals surface area (Å²) in [6, 6.07) is 0. The van der Waals surface area contributed by atoms with Crippen LogP contribution < -0.4 is 29.6 Å². The summed E-state index contributed by atoms with van der Waals surface area (Å²) in [6.45, 7) is 28.7. The number of fused-ring (bicyclic) bond motifs is 1. The molecule has 0 aromatic carbocycles. The van der Waals surface area contributed by atoms with Gasteiger partial charge in [-0.1, -0.05) is 243 Å². The van der Waals surface area contributed by atoms with E-state index in [1.807, 2.05) is 0 Å². The van der Waals surface area contributed by atoms with Crippen LogP contribution in [0.25, 0.3) is 0 Å². The van der Waals surface area contributed by atoms with Crippen molar-refractivity contribution in [3.05, 3.63) is 11.6 Å². The van der Waals surface area contributed by atoms with E-state index in [4.69, 9.17) is 0 Å². The van der Waals surface area contributed by atoms with Crippen LogP contribution in [-0.2, 0) is 10.1 Å². The van der Waals surface area contributed by atoms with Crippen LogP contribution in [0, 0.1) is 32.5 Å². The molecule has 0 radical (unpaired) electrons. The Morgan fingerprint density at radius 1 is 0.381 bits per heavy atom. The Morgan fingerprint density at radius 2 is 0.651 bits per heavy atom. The first kappa shape index (κ1) is 61.7. The van der Waals surface area contributed by atoms with Gasteiger partial charge in [-0.3, -0.25) is 0 Å². The number of rotatable bonds is 37. The first-order valence-electron chi connectivity index (χ1n) is 28.5. The van der Waals surface area contributed by atoms with E-state index in [9.17, 15) is 0 Å². The van der Waals surface area contributed by atoms with Gasteiger partial charge in [0.2, 0.25) is 0 Å². The monoisotopic (exact) mass is 911 g/mol. The van der Waals surface area contributed by atoms with Gasteiger partial charge in [0, 0.05) is 5.41 Å². The van der Waals surface area contributed by atoms with Gasteiger partial charge >= 0.3 is 29.6 Å². The molecular formula is C58H111NaO3S. The minimum atomic E-state index is -4.85. The Morgan fingerprint density at radius 3 is 0.984 bits per heavy atom. The van der Waals surface area contributed by atoms with Crippen LogP contribution in [0.15, 0.2) is 11.6 Å². The summed E-state index contributed by atoms with van der Waals surface area (Å²) in [5.74, 6) is 0. The molecule has 368 valence electrons. The summed E-state index contributed by atoms with van der Waals surface area (Å²) in [5.41, 5.74) is -0.0702. The van der Waals surface area contributed by atoms with Gasteiger partial charge in [-0.25, -0.2) is 8.42 Å². The number of unbranched alkanes of at least 4 members (excludes halogenated alkanes) is 12. The largest absolute Gasteiger partial charge is 1.00 e. The predicted octanol–water partition coefficient (Wildman–Crippen LogP) is 16.8. The second kappa shape index (κ2) is 29.6. The molecule has 0 aliphatic heterocycles. The summed E-state index contributed by atoms with van der Waals surface area (Å²) < 4.78 is 46.7. The molecule has 0 amide bonds. The molecule has 0 bridgehead atoms. The van der Waals surface area contributed by atoms with E-state index in [1.54, 1.807) is 0 Å². The van der Waals surface area contributed by atoms with Crippen molar-refractivity contribution in [2.75, 3.05) is 0 Å². The molecule has 2 unspecified atom stereocenters. The van der Waals surface area contributed by atoms with Crippen LogP contribution in [0.2, 0.25) is 0 Å². The van der Waals surface area contributed by atoms with Crippen molar-refractivity contribution >= 4 is 10.1 Å². The Hall–Kier alpha value is 0.650. The third-order valence-electron chi connectivity index (χ3n) is 18.7. The molecule has 0 spiro atoms. The van der Waals surface area contributed by atoms with E-state index in [-0.39, 0.29) is 56.6 Å². The number of hydrogen-bond acceptors (Lipinski definition) is 3. The number of allylic oxidation sites excluding steroid dienone is 1. The molecule has 2 rings (SSSR count). The first-order valence-corrected chi connectivity index (χ1v) is 29.9. The standard InChI is InChI=1S/C58H112O3S.Na/c1-13-25-38-52(39-26-14-2)50-37-51-57(48-35-23-11,53(52,40-27-15-3)41-28-16-4)55(44-31-19-7,45-32-20-8)54(42-29-17-5,43-30-18-6)56(46-33-21-9,47-34-22-10)58(51,49-36-24-12)62(59,60)61;/h37H,13-36,38-50H2,1-12H3,(H,59,60,61);/q;+1/p-1. The average molecular weight is 912 g/mol. The van der Waals surface area contributed by atoms with E-state index in [1.165, 1.54) is 121 Å². The van der Waals surface area contributed by atoms with Crippen molar-refractivity contribution < 1.29 is 42.5 Å². The molecule has 2 aliphatic rings. The molecule has 0 aromatic heterocycles. The molecule has 0 N–H and O–H groups in total. The van der Waals surface area contributed by atoms with Gasteiger partial charge in [0.15, 0.2) is 0 Å². The smallest absolute Gasteiger partial charge is 0.747 e. The van der Waals surface area contributed by atoms with Crippen molar-refractivity contribution in [3.63, 3.8) is 0 Å². The fraction of sp³-hybridized carbons (Fsp3) is 0.966. The average Bonchev–Trinajstić information content (AvgIpc) is 3.27. The Bertz CT molecular complexity index is 1310. The maximum atomic E-state index is 16.0. The summed E-state index contributed by atoms with van der Waals surface area (Å²) >= 11 is 0. The van der Waals surface area contributed by atoms with Crippen molar-refractivity contribution in [1.29, 1.82) is 0 Å².